The summed E-state index contributed by atoms with van der Waals surface area (Å²) in [5, 5.41) is 4.28. The number of benzene rings is 3. The molecule has 37 heavy (non-hydrogen) atoms. The minimum absolute atomic E-state index is 0.256. The Bertz CT molecular complexity index is 1560. The molecule has 2 heterocycles. The molecule has 0 radical (unpaired) electrons. The number of aryl methyl sites for hydroxylation is 1. The van der Waals surface area contributed by atoms with Crippen molar-refractivity contribution in [2.45, 2.75) is 13.5 Å². The van der Waals surface area contributed by atoms with E-state index in [4.69, 9.17) is 23.2 Å². The van der Waals surface area contributed by atoms with Crippen molar-refractivity contribution in [3.05, 3.63) is 105 Å². The molecule has 0 bridgehead atoms. The van der Waals surface area contributed by atoms with Crippen molar-refractivity contribution in [2.24, 2.45) is 0 Å². The van der Waals surface area contributed by atoms with Crippen LogP contribution in [0.2, 0.25) is 10.0 Å². The van der Waals surface area contributed by atoms with Gasteiger partial charge in [0.15, 0.2) is 0 Å². The summed E-state index contributed by atoms with van der Waals surface area (Å²) < 4.78 is 2.01. The van der Waals surface area contributed by atoms with E-state index >= 15 is 0 Å². The Morgan fingerprint density at radius 2 is 1.68 bits per heavy atom. The molecule has 1 N–H and O–H groups in total. The Hall–Kier alpha value is -3.52. The molecule has 3 aromatic carbocycles. The number of halogens is 2. The first kappa shape index (κ1) is 25.1. The standard InChI is InChI=1S/C28H21Cl2N3O3S/c1-17-9-11-19(12-10-17)31-26(34)16-33-27(35)25(37-28(33)36)13-18-14-32(24-8-3-2-5-20(18)24)15-21-22(29)6-4-7-23(21)30/h2-14H,15-16H2,1H3,(H,31,34)/b25-13-. The zero-order valence-corrected chi connectivity index (χ0v) is 22.0. The third-order valence-corrected chi connectivity index (χ3v) is 7.62. The van der Waals surface area contributed by atoms with Gasteiger partial charge in [0.05, 0.1) is 11.4 Å². The normalized spacial score (nSPS) is 14.7. The number of carbonyl (C=O) groups is 3. The van der Waals surface area contributed by atoms with Crippen molar-refractivity contribution < 1.29 is 14.4 Å². The van der Waals surface area contributed by atoms with Gasteiger partial charge in [-0.05, 0) is 55.1 Å². The van der Waals surface area contributed by atoms with Gasteiger partial charge >= 0.3 is 0 Å². The Labute approximate surface area is 227 Å². The van der Waals surface area contributed by atoms with Crippen LogP contribution >= 0.6 is 35.0 Å². The molecule has 0 atom stereocenters. The molecule has 1 aromatic heterocycles. The first-order valence-corrected chi connectivity index (χ1v) is 13.0. The molecule has 6 nitrogen and oxygen atoms in total. The highest BCUT2D eigenvalue weighted by molar-refractivity contribution is 8.18. The van der Waals surface area contributed by atoms with Gasteiger partial charge in [0.2, 0.25) is 5.91 Å². The van der Waals surface area contributed by atoms with Crippen molar-refractivity contribution in [3.8, 4) is 0 Å². The predicted molar refractivity (Wildman–Crippen MR) is 150 cm³/mol. The molecule has 1 fully saturated rings. The van der Waals surface area contributed by atoms with E-state index in [-0.39, 0.29) is 11.4 Å². The van der Waals surface area contributed by atoms with Crippen LogP contribution in [0.25, 0.3) is 17.0 Å². The number of anilines is 1. The summed E-state index contributed by atoms with van der Waals surface area (Å²) in [6, 6.07) is 20.4. The molecule has 186 valence electrons. The SMILES string of the molecule is Cc1ccc(NC(=O)CN2C(=O)S/C(=C\c3cn(Cc4c(Cl)cccc4Cl)c4ccccc34)C2=O)cc1. The molecule has 0 spiro atoms. The van der Waals surface area contributed by atoms with Crippen LogP contribution in [0.1, 0.15) is 16.7 Å². The fraction of sp³-hybridized carbons (Fsp3) is 0.107. The zero-order chi connectivity index (χ0) is 26.1. The second-order valence-corrected chi connectivity index (χ2v) is 10.4. The molecule has 5 rings (SSSR count). The molecule has 0 aliphatic carbocycles. The summed E-state index contributed by atoms with van der Waals surface area (Å²) in [7, 11) is 0. The number of nitrogens with one attached hydrogen (secondary N) is 1. The zero-order valence-electron chi connectivity index (χ0n) is 19.7. The van der Waals surface area contributed by atoms with Crippen LogP contribution in [0, 0.1) is 6.92 Å². The highest BCUT2D eigenvalue weighted by Crippen LogP contribution is 2.35. The van der Waals surface area contributed by atoms with Gasteiger partial charge < -0.3 is 9.88 Å². The Kier molecular flexibility index (Phi) is 7.11. The summed E-state index contributed by atoms with van der Waals surface area (Å²) >= 11 is 13.6. The molecule has 1 aliphatic rings. The largest absolute Gasteiger partial charge is 0.342 e. The second-order valence-electron chi connectivity index (χ2n) is 8.61. The molecular formula is C28H21Cl2N3O3S. The van der Waals surface area contributed by atoms with E-state index in [0.717, 1.165) is 44.3 Å². The second kappa shape index (κ2) is 10.5. The number of hydrogen-bond donors (Lipinski definition) is 1. The maximum Gasteiger partial charge on any atom is 0.294 e. The number of para-hydroxylation sites is 1. The van der Waals surface area contributed by atoms with Crippen LogP contribution in [0.15, 0.2) is 77.8 Å². The number of hydrogen-bond acceptors (Lipinski definition) is 4. The van der Waals surface area contributed by atoms with Crippen LogP contribution in [-0.2, 0) is 16.1 Å². The molecule has 0 saturated carbocycles. The van der Waals surface area contributed by atoms with E-state index in [1.807, 2.05) is 54.1 Å². The summed E-state index contributed by atoms with van der Waals surface area (Å²) in [5.74, 6) is -0.944. The number of thioether (sulfide) groups is 1. The monoisotopic (exact) mass is 549 g/mol. The van der Waals surface area contributed by atoms with Crippen LogP contribution in [0.5, 0.6) is 0 Å². The van der Waals surface area contributed by atoms with E-state index in [0.29, 0.717) is 22.3 Å². The lowest BCUT2D eigenvalue weighted by Crippen LogP contribution is -2.36. The summed E-state index contributed by atoms with van der Waals surface area (Å²) in [4.78, 5) is 39.4. The van der Waals surface area contributed by atoms with Gasteiger partial charge in [0.1, 0.15) is 6.54 Å². The van der Waals surface area contributed by atoms with Crippen molar-refractivity contribution in [2.75, 3.05) is 11.9 Å². The van der Waals surface area contributed by atoms with Gasteiger partial charge in [-0.15, -0.1) is 0 Å². The molecule has 9 heteroatoms. The third kappa shape index (κ3) is 5.30. The first-order valence-electron chi connectivity index (χ1n) is 11.4. The maximum atomic E-state index is 13.1. The van der Waals surface area contributed by atoms with E-state index in [1.54, 1.807) is 36.4 Å². The topological polar surface area (TPSA) is 71.4 Å². The number of aromatic nitrogens is 1. The van der Waals surface area contributed by atoms with E-state index in [9.17, 15) is 14.4 Å². The molecule has 0 unspecified atom stereocenters. The Morgan fingerprint density at radius 1 is 0.973 bits per heavy atom. The molecular weight excluding hydrogens is 529 g/mol. The van der Waals surface area contributed by atoms with Crippen molar-refractivity contribution in [1.82, 2.24) is 9.47 Å². The maximum absolute atomic E-state index is 13.1. The van der Waals surface area contributed by atoms with Crippen molar-refractivity contribution in [3.63, 3.8) is 0 Å². The number of rotatable bonds is 6. The summed E-state index contributed by atoms with van der Waals surface area (Å²) in [6.07, 6.45) is 3.60. The number of fused-ring (bicyclic) bond motifs is 1. The molecule has 3 amide bonds. The Balaban J connectivity index is 1.39. The predicted octanol–water partition coefficient (Wildman–Crippen LogP) is 6.98. The minimum atomic E-state index is -0.500. The molecule has 1 saturated heterocycles. The summed E-state index contributed by atoms with van der Waals surface area (Å²) in [6.45, 7) is 2.03. The average molecular weight is 550 g/mol. The van der Waals surface area contributed by atoms with Gasteiger partial charge in [-0.2, -0.15) is 0 Å². The fourth-order valence-corrected chi connectivity index (χ4v) is 5.48. The van der Waals surface area contributed by atoms with Crippen LogP contribution in [0.4, 0.5) is 10.5 Å². The van der Waals surface area contributed by atoms with Crippen LogP contribution < -0.4 is 5.32 Å². The summed E-state index contributed by atoms with van der Waals surface area (Å²) in [5.41, 5.74) is 4.16. The smallest absolute Gasteiger partial charge is 0.294 e. The first-order chi connectivity index (χ1) is 17.8. The van der Waals surface area contributed by atoms with Gasteiger partial charge in [-0.3, -0.25) is 19.3 Å². The lowest BCUT2D eigenvalue weighted by atomic mass is 10.1. The van der Waals surface area contributed by atoms with Gasteiger partial charge in [-0.1, -0.05) is 65.2 Å². The fourth-order valence-electron chi connectivity index (χ4n) is 4.13. The van der Waals surface area contributed by atoms with Gasteiger partial charge in [0.25, 0.3) is 11.1 Å². The highest BCUT2D eigenvalue weighted by atomic mass is 35.5. The lowest BCUT2D eigenvalue weighted by Gasteiger charge is -2.12. The van der Waals surface area contributed by atoms with Crippen LogP contribution in [-0.4, -0.2) is 33.1 Å². The molecule has 4 aromatic rings. The van der Waals surface area contributed by atoms with E-state index in [2.05, 4.69) is 5.32 Å². The molecule has 1 aliphatic heterocycles. The van der Waals surface area contributed by atoms with Crippen molar-refractivity contribution in [1.29, 1.82) is 0 Å². The van der Waals surface area contributed by atoms with E-state index < -0.39 is 17.1 Å². The number of carbonyl (C=O) groups excluding carboxylic acids is 3. The van der Waals surface area contributed by atoms with Crippen LogP contribution in [0.3, 0.4) is 0 Å². The average Bonchev–Trinajstić information content (AvgIpc) is 3.35. The highest BCUT2D eigenvalue weighted by Gasteiger charge is 2.36. The number of imide groups is 1. The lowest BCUT2D eigenvalue weighted by molar-refractivity contribution is -0.127. The minimum Gasteiger partial charge on any atom is -0.342 e. The van der Waals surface area contributed by atoms with Crippen molar-refractivity contribution >= 4 is 74.7 Å². The van der Waals surface area contributed by atoms with E-state index in [1.165, 1.54) is 0 Å². The van der Waals surface area contributed by atoms with Gasteiger partial charge in [-0.25, -0.2) is 0 Å². The Morgan fingerprint density at radius 3 is 2.41 bits per heavy atom. The quantitative estimate of drug-likeness (QED) is 0.263. The number of amides is 3. The third-order valence-electron chi connectivity index (χ3n) is 6.01. The number of nitrogens with zero attached hydrogens (tertiary/aromatic N) is 2. The van der Waals surface area contributed by atoms with Gasteiger partial charge in [0, 0.05) is 44.0 Å².